The molecule has 0 saturated carbocycles. The van der Waals surface area contributed by atoms with E-state index in [4.69, 9.17) is 5.73 Å². The molecular formula is C16H20N2OS. The van der Waals surface area contributed by atoms with Crippen LogP contribution >= 0.6 is 11.3 Å². The molecule has 106 valence electrons. The Balaban J connectivity index is 1.65. The van der Waals surface area contributed by atoms with Crippen molar-refractivity contribution in [3.05, 3.63) is 58.3 Å². The van der Waals surface area contributed by atoms with E-state index in [1.165, 1.54) is 5.56 Å². The molecule has 0 saturated heterocycles. The number of hydrogen-bond donors (Lipinski definition) is 2. The van der Waals surface area contributed by atoms with Crippen LogP contribution in [-0.2, 0) is 11.2 Å². The van der Waals surface area contributed by atoms with Crippen molar-refractivity contribution in [2.45, 2.75) is 25.3 Å². The van der Waals surface area contributed by atoms with Crippen LogP contribution in [0.4, 0.5) is 0 Å². The molecule has 1 heterocycles. The zero-order valence-corrected chi connectivity index (χ0v) is 12.2. The summed E-state index contributed by atoms with van der Waals surface area (Å²) >= 11 is 1.68. The van der Waals surface area contributed by atoms with E-state index < -0.39 is 0 Å². The Morgan fingerprint density at radius 3 is 2.75 bits per heavy atom. The Morgan fingerprint density at radius 1 is 1.25 bits per heavy atom. The van der Waals surface area contributed by atoms with Crippen LogP contribution in [0.25, 0.3) is 0 Å². The van der Waals surface area contributed by atoms with Crippen LogP contribution in [0.15, 0.2) is 47.2 Å². The topological polar surface area (TPSA) is 55.1 Å². The van der Waals surface area contributed by atoms with Gasteiger partial charge in [0.05, 0.1) is 0 Å². The summed E-state index contributed by atoms with van der Waals surface area (Å²) in [7, 11) is 0. The van der Waals surface area contributed by atoms with E-state index in [1.807, 2.05) is 30.3 Å². The maximum absolute atomic E-state index is 11.7. The zero-order valence-electron chi connectivity index (χ0n) is 11.4. The third kappa shape index (κ3) is 4.79. The van der Waals surface area contributed by atoms with Crippen LogP contribution in [-0.4, -0.2) is 12.5 Å². The van der Waals surface area contributed by atoms with Crippen LogP contribution in [0, 0.1) is 0 Å². The van der Waals surface area contributed by atoms with Crippen molar-refractivity contribution in [3.8, 4) is 0 Å². The summed E-state index contributed by atoms with van der Waals surface area (Å²) in [5, 5.41) is 7.10. The van der Waals surface area contributed by atoms with Crippen LogP contribution in [0.5, 0.6) is 0 Å². The van der Waals surface area contributed by atoms with Crippen LogP contribution < -0.4 is 11.1 Å². The number of nitrogens with two attached hydrogens (primary N) is 1. The van der Waals surface area contributed by atoms with E-state index in [9.17, 15) is 4.79 Å². The molecule has 1 aromatic heterocycles. The predicted octanol–water partition coefficient (Wildman–Crippen LogP) is 2.89. The predicted molar refractivity (Wildman–Crippen MR) is 83.6 cm³/mol. The molecule has 3 N–H and O–H groups in total. The molecule has 0 fully saturated rings. The molecule has 20 heavy (non-hydrogen) atoms. The van der Waals surface area contributed by atoms with Crippen molar-refractivity contribution in [2.75, 3.05) is 6.54 Å². The van der Waals surface area contributed by atoms with Gasteiger partial charge in [0, 0.05) is 19.0 Å². The minimum atomic E-state index is -0.0705. The highest BCUT2D eigenvalue weighted by molar-refractivity contribution is 7.07. The quantitative estimate of drug-likeness (QED) is 0.823. The number of rotatable bonds is 7. The lowest BCUT2D eigenvalue weighted by Crippen LogP contribution is -2.26. The molecule has 1 amide bonds. The first-order chi connectivity index (χ1) is 9.75. The standard InChI is InChI=1S/C16H20N2OS/c17-15(14-4-2-1-3-5-14)6-7-16(19)18-10-8-13-9-11-20-12-13/h1-5,9,11-12,15H,6-8,10,17H2,(H,18,19). The first-order valence-electron chi connectivity index (χ1n) is 6.84. The van der Waals surface area contributed by atoms with Crippen molar-refractivity contribution in [3.63, 3.8) is 0 Å². The maximum Gasteiger partial charge on any atom is 0.220 e. The molecule has 3 nitrogen and oxygen atoms in total. The molecule has 0 aliphatic rings. The van der Waals surface area contributed by atoms with Crippen LogP contribution in [0.2, 0.25) is 0 Å². The second-order valence-electron chi connectivity index (χ2n) is 4.79. The van der Waals surface area contributed by atoms with Gasteiger partial charge in [-0.3, -0.25) is 4.79 Å². The van der Waals surface area contributed by atoms with Gasteiger partial charge in [-0.15, -0.1) is 0 Å². The monoisotopic (exact) mass is 288 g/mol. The minimum absolute atomic E-state index is 0.0705. The molecule has 1 aromatic carbocycles. The second kappa shape index (κ2) is 7.82. The summed E-state index contributed by atoms with van der Waals surface area (Å²) < 4.78 is 0. The Labute approximate surface area is 123 Å². The Bertz CT molecular complexity index is 511. The molecule has 2 aromatic rings. The average molecular weight is 288 g/mol. The molecule has 0 bridgehead atoms. The summed E-state index contributed by atoms with van der Waals surface area (Å²) in [6, 6.07) is 11.9. The molecule has 0 aliphatic carbocycles. The molecule has 2 rings (SSSR count). The number of nitrogens with one attached hydrogen (secondary N) is 1. The Kier molecular flexibility index (Phi) is 5.77. The van der Waals surface area contributed by atoms with E-state index >= 15 is 0 Å². The third-order valence-electron chi connectivity index (χ3n) is 3.23. The normalized spacial score (nSPS) is 12.1. The van der Waals surface area contributed by atoms with E-state index in [-0.39, 0.29) is 11.9 Å². The number of hydrogen-bond acceptors (Lipinski definition) is 3. The van der Waals surface area contributed by atoms with Crippen molar-refractivity contribution >= 4 is 17.2 Å². The number of amides is 1. The lowest BCUT2D eigenvalue weighted by atomic mass is 10.0. The third-order valence-corrected chi connectivity index (χ3v) is 3.96. The fraction of sp³-hybridized carbons (Fsp3) is 0.312. The SMILES string of the molecule is NC(CCC(=O)NCCc1ccsc1)c1ccccc1. The van der Waals surface area contributed by atoms with E-state index in [2.05, 4.69) is 22.1 Å². The van der Waals surface area contributed by atoms with E-state index in [1.54, 1.807) is 11.3 Å². The number of carbonyl (C=O) groups is 1. The smallest absolute Gasteiger partial charge is 0.220 e. The number of benzene rings is 1. The number of thiophene rings is 1. The first kappa shape index (κ1) is 14.8. The minimum Gasteiger partial charge on any atom is -0.356 e. The molecule has 4 heteroatoms. The zero-order chi connectivity index (χ0) is 14.2. The molecule has 0 aliphatic heterocycles. The summed E-state index contributed by atoms with van der Waals surface area (Å²) in [6.45, 7) is 0.691. The summed E-state index contributed by atoms with van der Waals surface area (Å²) in [5.74, 6) is 0.0756. The average Bonchev–Trinajstić information content (AvgIpc) is 2.99. The van der Waals surface area contributed by atoms with E-state index in [0.717, 1.165) is 12.0 Å². The lowest BCUT2D eigenvalue weighted by molar-refractivity contribution is -0.121. The van der Waals surface area contributed by atoms with Crippen LogP contribution in [0.1, 0.15) is 30.0 Å². The van der Waals surface area contributed by atoms with Gasteiger partial charge >= 0.3 is 0 Å². The molecular weight excluding hydrogens is 268 g/mol. The number of carbonyl (C=O) groups excluding carboxylic acids is 1. The van der Waals surface area contributed by atoms with Crippen molar-refractivity contribution in [1.82, 2.24) is 5.32 Å². The summed E-state index contributed by atoms with van der Waals surface area (Å²) in [5.41, 5.74) is 8.43. The fourth-order valence-electron chi connectivity index (χ4n) is 2.02. The highest BCUT2D eigenvalue weighted by atomic mass is 32.1. The summed E-state index contributed by atoms with van der Waals surface area (Å²) in [4.78, 5) is 11.7. The van der Waals surface area contributed by atoms with Gasteiger partial charge in [0.1, 0.15) is 0 Å². The van der Waals surface area contributed by atoms with Gasteiger partial charge in [0.2, 0.25) is 5.91 Å². The molecule has 0 radical (unpaired) electrons. The van der Waals surface area contributed by atoms with E-state index in [0.29, 0.717) is 19.4 Å². The molecule has 0 spiro atoms. The second-order valence-corrected chi connectivity index (χ2v) is 5.57. The fourth-order valence-corrected chi connectivity index (χ4v) is 2.73. The van der Waals surface area contributed by atoms with Gasteiger partial charge < -0.3 is 11.1 Å². The Morgan fingerprint density at radius 2 is 2.05 bits per heavy atom. The first-order valence-corrected chi connectivity index (χ1v) is 7.78. The van der Waals surface area contributed by atoms with Gasteiger partial charge in [-0.1, -0.05) is 30.3 Å². The largest absolute Gasteiger partial charge is 0.356 e. The van der Waals surface area contributed by atoms with Crippen molar-refractivity contribution < 1.29 is 4.79 Å². The van der Waals surface area contributed by atoms with Gasteiger partial charge in [-0.2, -0.15) is 11.3 Å². The Hall–Kier alpha value is -1.65. The highest BCUT2D eigenvalue weighted by Gasteiger charge is 2.08. The van der Waals surface area contributed by atoms with Crippen LogP contribution in [0.3, 0.4) is 0 Å². The van der Waals surface area contributed by atoms with Gasteiger partial charge in [0.25, 0.3) is 0 Å². The molecule has 1 atom stereocenters. The molecule has 1 unspecified atom stereocenters. The lowest BCUT2D eigenvalue weighted by Gasteiger charge is -2.11. The maximum atomic E-state index is 11.7. The highest BCUT2D eigenvalue weighted by Crippen LogP contribution is 2.14. The summed E-state index contributed by atoms with van der Waals surface area (Å²) in [6.07, 6.45) is 2.04. The van der Waals surface area contributed by atoms with Gasteiger partial charge in [-0.25, -0.2) is 0 Å². The van der Waals surface area contributed by atoms with Gasteiger partial charge in [-0.05, 0) is 40.8 Å². The van der Waals surface area contributed by atoms with Crippen molar-refractivity contribution in [2.24, 2.45) is 5.73 Å². The van der Waals surface area contributed by atoms with Crippen molar-refractivity contribution in [1.29, 1.82) is 0 Å². The van der Waals surface area contributed by atoms with Gasteiger partial charge in [0.15, 0.2) is 0 Å².